The van der Waals surface area contributed by atoms with Gasteiger partial charge >= 0.3 is 0 Å². The van der Waals surface area contributed by atoms with Crippen molar-refractivity contribution in [3.63, 3.8) is 0 Å². The molecule has 0 saturated heterocycles. The number of hydrogen-bond acceptors (Lipinski definition) is 3. The van der Waals surface area contributed by atoms with Crippen LogP contribution in [-0.4, -0.2) is 20.6 Å². The van der Waals surface area contributed by atoms with E-state index in [0.29, 0.717) is 6.04 Å². The fraction of sp³-hybridized carbons (Fsp3) is 0.647. The van der Waals surface area contributed by atoms with E-state index in [1.54, 1.807) is 0 Å². The fourth-order valence-corrected chi connectivity index (χ4v) is 5.54. The number of rotatable bonds is 3. The zero-order valence-corrected chi connectivity index (χ0v) is 12.3. The molecule has 3 aliphatic rings. The third kappa shape index (κ3) is 1.78. The number of nitrogens with zero attached hydrogens (tertiary/aromatic N) is 3. The Hall–Kier alpha value is -1.42. The Morgan fingerprint density at radius 2 is 2.05 bits per heavy atom. The Bertz CT molecular complexity index is 664. The van der Waals surface area contributed by atoms with Gasteiger partial charge in [-0.1, -0.05) is 12.5 Å². The van der Waals surface area contributed by atoms with E-state index in [4.69, 9.17) is 0 Å². The molecule has 5 rings (SSSR count). The van der Waals surface area contributed by atoms with Crippen molar-refractivity contribution in [3.8, 4) is 0 Å². The van der Waals surface area contributed by atoms with E-state index in [9.17, 15) is 0 Å². The minimum atomic E-state index is 0.713. The molecule has 110 valence electrons. The monoisotopic (exact) mass is 282 g/mol. The molecule has 0 amide bonds. The standard InChI is InChI=1S/C17H22N4/c1-2-7-21-16(6-1)19-20-17(21)10-18-15-9-11-8-14(15)13-5-3-4-12(11)13/h1-2,6-7,11-15,18H,3-5,8-10H2/t11-,12+,13-,14+,15-/m1/s1. The molecule has 3 fully saturated rings. The predicted molar refractivity (Wildman–Crippen MR) is 80.7 cm³/mol. The Labute approximate surface area is 125 Å². The second-order valence-electron chi connectivity index (χ2n) is 7.19. The molecule has 0 aliphatic heterocycles. The van der Waals surface area contributed by atoms with Gasteiger partial charge in [0.05, 0.1) is 6.54 Å². The van der Waals surface area contributed by atoms with Crippen molar-refractivity contribution in [2.24, 2.45) is 23.7 Å². The zero-order chi connectivity index (χ0) is 13.8. The third-order valence-corrected chi connectivity index (χ3v) is 6.34. The van der Waals surface area contributed by atoms with Crippen LogP contribution in [0.1, 0.15) is 37.9 Å². The summed E-state index contributed by atoms with van der Waals surface area (Å²) in [7, 11) is 0. The van der Waals surface area contributed by atoms with Crippen LogP contribution in [0.25, 0.3) is 5.65 Å². The van der Waals surface area contributed by atoms with Crippen LogP contribution in [0.2, 0.25) is 0 Å². The lowest BCUT2D eigenvalue weighted by Gasteiger charge is -2.32. The van der Waals surface area contributed by atoms with Gasteiger partial charge in [-0.25, -0.2) is 0 Å². The number of pyridine rings is 1. The van der Waals surface area contributed by atoms with Gasteiger partial charge in [-0.15, -0.1) is 10.2 Å². The van der Waals surface area contributed by atoms with Crippen LogP contribution in [0, 0.1) is 23.7 Å². The number of hydrogen-bond donors (Lipinski definition) is 1. The second kappa shape index (κ2) is 4.54. The lowest BCUT2D eigenvalue weighted by molar-refractivity contribution is 0.207. The first-order chi connectivity index (χ1) is 10.4. The average Bonchev–Trinajstić information content (AvgIpc) is 3.25. The molecule has 2 aromatic heterocycles. The van der Waals surface area contributed by atoms with Crippen molar-refractivity contribution in [2.45, 2.75) is 44.7 Å². The first-order valence-corrected chi connectivity index (χ1v) is 8.42. The lowest BCUT2D eigenvalue weighted by atomic mass is 9.79. The van der Waals surface area contributed by atoms with Crippen LogP contribution in [-0.2, 0) is 6.54 Å². The Kier molecular flexibility index (Phi) is 2.63. The maximum absolute atomic E-state index is 4.34. The van der Waals surface area contributed by atoms with Gasteiger partial charge in [0.2, 0.25) is 0 Å². The minimum absolute atomic E-state index is 0.713. The molecule has 1 N–H and O–H groups in total. The van der Waals surface area contributed by atoms with Gasteiger partial charge in [0.1, 0.15) is 0 Å². The highest BCUT2D eigenvalue weighted by Crippen LogP contribution is 2.58. The van der Waals surface area contributed by atoms with E-state index in [2.05, 4.69) is 26.1 Å². The van der Waals surface area contributed by atoms with Crippen molar-refractivity contribution in [1.29, 1.82) is 0 Å². The van der Waals surface area contributed by atoms with Crippen molar-refractivity contribution >= 4 is 5.65 Å². The molecule has 0 spiro atoms. The van der Waals surface area contributed by atoms with E-state index >= 15 is 0 Å². The van der Waals surface area contributed by atoms with Crippen LogP contribution in [0.15, 0.2) is 24.4 Å². The van der Waals surface area contributed by atoms with Gasteiger partial charge in [-0.05, 0) is 61.5 Å². The van der Waals surface area contributed by atoms with E-state index in [1.807, 2.05) is 18.2 Å². The molecular weight excluding hydrogens is 260 g/mol. The molecule has 4 heteroatoms. The van der Waals surface area contributed by atoms with E-state index in [-0.39, 0.29) is 0 Å². The normalized spacial score (nSPS) is 37.4. The summed E-state index contributed by atoms with van der Waals surface area (Å²) in [5.74, 6) is 5.08. The number of aromatic nitrogens is 3. The van der Waals surface area contributed by atoms with E-state index in [1.165, 1.54) is 32.1 Å². The van der Waals surface area contributed by atoms with Crippen molar-refractivity contribution in [1.82, 2.24) is 19.9 Å². The highest BCUT2D eigenvalue weighted by molar-refractivity contribution is 5.36. The summed E-state index contributed by atoms with van der Waals surface area (Å²) >= 11 is 0. The summed E-state index contributed by atoms with van der Waals surface area (Å²) in [6.07, 6.45) is 9.39. The summed E-state index contributed by atoms with van der Waals surface area (Å²) in [6.45, 7) is 0.844. The molecule has 2 aromatic rings. The third-order valence-electron chi connectivity index (χ3n) is 6.34. The average molecular weight is 282 g/mol. The molecule has 0 radical (unpaired) electrons. The summed E-state index contributed by atoms with van der Waals surface area (Å²) in [5.41, 5.74) is 0.943. The summed E-state index contributed by atoms with van der Waals surface area (Å²) in [5, 5.41) is 12.4. The van der Waals surface area contributed by atoms with Gasteiger partial charge in [-0.3, -0.25) is 4.40 Å². The SMILES string of the molecule is c1ccn2c(CN[C@@H]3C[C@H]4C[C@H]3[C@@H]3CCC[C@@H]43)nnc2c1. The molecule has 4 nitrogen and oxygen atoms in total. The molecule has 2 bridgehead atoms. The van der Waals surface area contributed by atoms with Crippen LogP contribution < -0.4 is 5.32 Å². The largest absolute Gasteiger partial charge is 0.307 e. The second-order valence-corrected chi connectivity index (χ2v) is 7.19. The van der Waals surface area contributed by atoms with Crippen LogP contribution in [0.4, 0.5) is 0 Å². The van der Waals surface area contributed by atoms with Gasteiger partial charge in [-0.2, -0.15) is 0 Å². The van der Waals surface area contributed by atoms with Gasteiger partial charge in [0.15, 0.2) is 11.5 Å². The van der Waals surface area contributed by atoms with Crippen molar-refractivity contribution < 1.29 is 0 Å². The Morgan fingerprint density at radius 3 is 3.05 bits per heavy atom. The van der Waals surface area contributed by atoms with Crippen LogP contribution >= 0.6 is 0 Å². The van der Waals surface area contributed by atoms with Gasteiger partial charge in [0, 0.05) is 12.2 Å². The zero-order valence-electron chi connectivity index (χ0n) is 12.3. The first kappa shape index (κ1) is 12.2. The Morgan fingerprint density at radius 1 is 1.10 bits per heavy atom. The number of nitrogens with one attached hydrogen (secondary N) is 1. The molecule has 21 heavy (non-hydrogen) atoms. The van der Waals surface area contributed by atoms with Crippen molar-refractivity contribution in [3.05, 3.63) is 30.2 Å². The molecule has 3 aliphatic carbocycles. The highest BCUT2D eigenvalue weighted by Gasteiger charge is 2.53. The molecular formula is C17H22N4. The molecule has 5 atom stereocenters. The maximum atomic E-state index is 4.34. The number of fused-ring (bicyclic) bond motifs is 6. The van der Waals surface area contributed by atoms with Gasteiger partial charge in [0.25, 0.3) is 0 Å². The molecule has 0 unspecified atom stereocenters. The Balaban J connectivity index is 1.31. The topological polar surface area (TPSA) is 42.2 Å². The lowest BCUT2D eigenvalue weighted by Crippen LogP contribution is -2.39. The van der Waals surface area contributed by atoms with Crippen LogP contribution in [0.5, 0.6) is 0 Å². The van der Waals surface area contributed by atoms with E-state index < -0.39 is 0 Å². The van der Waals surface area contributed by atoms with Crippen molar-refractivity contribution in [2.75, 3.05) is 0 Å². The smallest absolute Gasteiger partial charge is 0.160 e. The molecule has 3 saturated carbocycles. The summed E-state index contributed by atoms with van der Waals surface area (Å²) < 4.78 is 2.10. The van der Waals surface area contributed by atoms with Crippen LogP contribution in [0.3, 0.4) is 0 Å². The van der Waals surface area contributed by atoms with Gasteiger partial charge < -0.3 is 5.32 Å². The summed E-state index contributed by atoms with van der Waals surface area (Å²) in [6, 6.07) is 6.78. The summed E-state index contributed by atoms with van der Waals surface area (Å²) in [4.78, 5) is 0. The van der Waals surface area contributed by atoms with E-state index in [0.717, 1.165) is 41.7 Å². The highest BCUT2D eigenvalue weighted by atomic mass is 15.3. The minimum Gasteiger partial charge on any atom is -0.307 e. The first-order valence-electron chi connectivity index (χ1n) is 8.42. The fourth-order valence-electron chi connectivity index (χ4n) is 5.54. The quantitative estimate of drug-likeness (QED) is 0.941. The predicted octanol–water partition coefficient (Wildman–Crippen LogP) is 2.64. The molecule has 2 heterocycles. The maximum Gasteiger partial charge on any atom is 0.160 e. The molecule has 0 aromatic carbocycles.